The van der Waals surface area contributed by atoms with E-state index in [1.807, 2.05) is 0 Å². The molecule has 36 heavy (non-hydrogen) atoms. The number of benzene rings is 3. The molecule has 1 saturated heterocycles. The standard InChI is InChI=1S/C25H23F2N3O5S/c1-36(34,35)23-5-3-2-4-19(23)15-6-11-21(20(27)12-15)29-24(32)22-13-18(31)14-30(22)25(33)28-17-9-7-16(26)8-10-17/h2-12,18,22,31H,13-14H2,1H3,(H,28,33)(H,29,32). The number of nitrogens with one attached hydrogen (secondary N) is 2. The molecule has 0 saturated carbocycles. The van der Waals surface area contributed by atoms with Gasteiger partial charge >= 0.3 is 6.03 Å². The summed E-state index contributed by atoms with van der Waals surface area (Å²) in [5.41, 5.74) is 0.765. The van der Waals surface area contributed by atoms with Crippen molar-refractivity contribution in [2.24, 2.45) is 0 Å². The van der Waals surface area contributed by atoms with E-state index in [1.54, 1.807) is 18.2 Å². The third kappa shape index (κ3) is 5.52. The Morgan fingerprint density at radius 1 is 1.00 bits per heavy atom. The van der Waals surface area contributed by atoms with Crippen LogP contribution >= 0.6 is 0 Å². The second-order valence-electron chi connectivity index (χ2n) is 8.45. The van der Waals surface area contributed by atoms with Gasteiger partial charge in [0.15, 0.2) is 9.84 Å². The first-order valence-corrected chi connectivity index (χ1v) is 12.8. The van der Waals surface area contributed by atoms with Crippen LogP contribution in [0.25, 0.3) is 11.1 Å². The number of aliphatic hydroxyl groups excluding tert-OH is 1. The van der Waals surface area contributed by atoms with Gasteiger partial charge in [-0.05, 0) is 48.0 Å². The van der Waals surface area contributed by atoms with Gasteiger partial charge in [-0.1, -0.05) is 24.3 Å². The van der Waals surface area contributed by atoms with Crippen molar-refractivity contribution >= 4 is 33.2 Å². The molecule has 3 aromatic carbocycles. The van der Waals surface area contributed by atoms with E-state index >= 15 is 0 Å². The van der Waals surface area contributed by atoms with Crippen LogP contribution in [0.4, 0.5) is 25.0 Å². The summed E-state index contributed by atoms with van der Waals surface area (Å²) in [6.45, 7) is -0.116. The number of halogens is 2. The lowest BCUT2D eigenvalue weighted by molar-refractivity contribution is -0.119. The van der Waals surface area contributed by atoms with E-state index in [2.05, 4.69) is 10.6 Å². The third-order valence-corrected chi connectivity index (χ3v) is 6.92. The van der Waals surface area contributed by atoms with Crippen LogP contribution in [0.5, 0.6) is 0 Å². The molecule has 0 spiro atoms. The van der Waals surface area contributed by atoms with Gasteiger partial charge in [-0.2, -0.15) is 0 Å². The van der Waals surface area contributed by atoms with Gasteiger partial charge in [0.25, 0.3) is 0 Å². The van der Waals surface area contributed by atoms with Gasteiger partial charge in [-0.3, -0.25) is 4.79 Å². The Morgan fingerprint density at radius 2 is 1.69 bits per heavy atom. The Kier molecular flexibility index (Phi) is 7.04. The number of amides is 3. The fourth-order valence-electron chi connectivity index (χ4n) is 4.04. The molecule has 3 N–H and O–H groups in total. The number of carbonyl (C=O) groups excluding carboxylic acids is 2. The van der Waals surface area contributed by atoms with Gasteiger partial charge in [0, 0.05) is 30.5 Å². The molecule has 2 unspecified atom stereocenters. The molecule has 0 aromatic heterocycles. The quantitative estimate of drug-likeness (QED) is 0.480. The van der Waals surface area contributed by atoms with Crippen molar-refractivity contribution in [3.63, 3.8) is 0 Å². The van der Waals surface area contributed by atoms with Crippen LogP contribution < -0.4 is 10.6 Å². The second-order valence-corrected chi connectivity index (χ2v) is 10.4. The molecular formula is C25H23F2N3O5S. The van der Waals surface area contributed by atoms with Gasteiger partial charge in [0.2, 0.25) is 5.91 Å². The van der Waals surface area contributed by atoms with Crippen LogP contribution in [0.1, 0.15) is 6.42 Å². The number of hydrogen-bond acceptors (Lipinski definition) is 5. The molecule has 3 aromatic rings. The number of urea groups is 1. The van der Waals surface area contributed by atoms with Crippen LogP contribution in [0.2, 0.25) is 0 Å². The van der Waals surface area contributed by atoms with E-state index in [0.717, 1.165) is 17.2 Å². The molecule has 11 heteroatoms. The Bertz CT molecular complexity index is 1410. The molecule has 0 aliphatic carbocycles. The van der Waals surface area contributed by atoms with Gasteiger partial charge in [0.1, 0.15) is 17.7 Å². The Hall–Kier alpha value is -3.83. The minimum atomic E-state index is -3.56. The number of anilines is 2. The highest BCUT2D eigenvalue weighted by Gasteiger charge is 2.39. The van der Waals surface area contributed by atoms with E-state index in [9.17, 15) is 31.9 Å². The third-order valence-electron chi connectivity index (χ3n) is 5.76. The van der Waals surface area contributed by atoms with Gasteiger partial charge in [0.05, 0.1) is 16.7 Å². The SMILES string of the molecule is CS(=O)(=O)c1ccccc1-c1ccc(NC(=O)C2CC(O)CN2C(=O)Nc2ccc(F)cc2)c(F)c1. The molecule has 2 atom stereocenters. The van der Waals surface area contributed by atoms with E-state index in [4.69, 9.17) is 0 Å². The molecule has 1 aliphatic heterocycles. The number of sulfone groups is 1. The molecule has 1 heterocycles. The van der Waals surface area contributed by atoms with Crippen LogP contribution in [0, 0.1) is 11.6 Å². The first kappa shape index (κ1) is 25.3. The fraction of sp³-hybridized carbons (Fsp3) is 0.200. The average molecular weight is 516 g/mol. The zero-order chi connectivity index (χ0) is 26.0. The van der Waals surface area contributed by atoms with Crippen molar-refractivity contribution in [2.75, 3.05) is 23.4 Å². The van der Waals surface area contributed by atoms with Crippen molar-refractivity contribution in [3.8, 4) is 11.1 Å². The summed E-state index contributed by atoms with van der Waals surface area (Å²) >= 11 is 0. The highest BCUT2D eigenvalue weighted by atomic mass is 32.2. The predicted octanol–water partition coefficient (Wildman–Crippen LogP) is 3.64. The molecule has 3 amide bonds. The lowest BCUT2D eigenvalue weighted by atomic mass is 10.0. The monoisotopic (exact) mass is 515 g/mol. The number of β-amino-alcohol motifs (C(OH)–C–C–N with tert-alkyl or cyclic N) is 1. The first-order chi connectivity index (χ1) is 17.0. The fourth-order valence-corrected chi connectivity index (χ4v) is 4.95. The molecule has 1 fully saturated rings. The zero-order valence-electron chi connectivity index (χ0n) is 19.1. The Labute approximate surface area is 206 Å². The summed E-state index contributed by atoms with van der Waals surface area (Å²) in [5.74, 6) is -1.98. The maximum Gasteiger partial charge on any atom is 0.322 e. The average Bonchev–Trinajstić information content (AvgIpc) is 3.23. The van der Waals surface area contributed by atoms with E-state index in [1.165, 1.54) is 42.5 Å². The van der Waals surface area contributed by atoms with Crippen molar-refractivity contribution in [1.82, 2.24) is 4.90 Å². The number of rotatable bonds is 5. The minimum Gasteiger partial charge on any atom is -0.391 e. The number of likely N-dealkylation sites (tertiary alicyclic amines) is 1. The molecular weight excluding hydrogens is 492 g/mol. The van der Waals surface area contributed by atoms with Crippen LogP contribution in [-0.2, 0) is 14.6 Å². The molecule has 0 bridgehead atoms. The highest BCUT2D eigenvalue weighted by Crippen LogP contribution is 2.30. The molecule has 1 aliphatic rings. The zero-order valence-corrected chi connectivity index (χ0v) is 19.9. The van der Waals surface area contributed by atoms with Crippen LogP contribution in [0.3, 0.4) is 0 Å². The van der Waals surface area contributed by atoms with Crippen LogP contribution in [-0.4, -0.2) is 55.3 Å². The van der Waals surface area contributed by atoms with Crippen molar-refractivity contribution < 1.29 is 31.9 Å². The number of aliphatic hydroxyl groups is 1. The van der Waals surface area contributed by atoms with Gasteiger partial charge < -0.3 is 20.6 Å². The summed E-state index contributed by atoms with van der Waals surface area (Å²) in [7, 11) is -3.56. The Balaban J connectivity index is 1.51. The maximum atomic E-state index is 14.9. The minimum absolute atomic E-state index is 0.0453. The number of carbonyl (C=O) groups is 2. The van der Waals surface area contributed by atoms with E-state index in [0.29, 0.717) is 16.8 Å². The predicted molar refractivity (Wildman–Crippen MR) is 130 cm³/mol. The van der Waals surface area contributed by atoms with Crippen LogP contribution in [0.15, 0.2) is 71.6 Å². The van der Waals surface area contributed by atoms with E-state index in [-0.39, 0.29) is 23.5 Å². The van der Waals surface area contributed by atoms with Crippen molar-refractivity contribution in [2.45, 2.75) is 23.5 Å². The summed E-state index contributed by atoms with van der Waals surface area (Å²) < 4.78 is 52.2. The van der Waals surface area contributed by atoms with Gasteiger partial charge in [-0.25, -0.2) is 22.0 Å². The number of nitrogens with zero attached hydrogens (tertiary/aromatic N) is 1. The lowest BCUT2D eigenvalue weighted by Gasteiger charge is -2.24. The molecule has 8 nitrogen and oxygen atoms in total. The second kappa shape index (κ2) is 10.0. The maximum absolute atomic E-state index is 14.9. The van der Waals surface area contributed by atoms with Gasteiger partial charge in [-0.15, -0.1) is 0 Å². The lowest BCUT2D eigenvalue weighted by Crippen LogP contribution is -2.45. The topological polar surface area (TPSA) is 116 Å². The summed E-state index contributed by atoms with van der Waals surface area (Å²) in [6, 6.07) is 13.4. The van der Waals surface area contributed by atoms with E-state index < -0.39 is 45.6 Å². The summed E-state index contributed by atoms with van der Waals surface area (Å²) in [4.78, 5) is 26.8. The van der Waals surface area contributed by atoms with Crippen molar-refractivity contribution in [3.05, 3.63) is 78.4 Å². The largest absolute Gasteiger partial charge is 0.391 e. The smallest absolute Gasteiger partial charge is 0.322 e. The first-order valence-electron chi connectivity index (χ1n) is 10.9. The molecule has 0 radical (unpaired) electrons. The molecule has 188 valence electrons. The number of hydrogen-bond donors (Lipinski definition) is 3. The Morgan fingerprint density at radius 3 is 2.36 bits per heavy atom. The summed E-state index contributed by atoms with van der Waals surface area (Å²) in [5, 5.41) is 15.0. The normalized spacial score (nSPS) is 17.6. The molecule has 4 rings (SSSR count). The summed E-state index contributed by atoms with van der Waals surface area (Å²) in [6.07, 6.45) is 0.0500. The highest BCUT2D eigenvalue weighted by molar-refractivity contribution is 7.90. The van der Waals surface area contributed by atoms with Crippen molar-refractivity contribution in [1.29, 1.82) is 0 Å².